The fourth-order valence-electron chi connectivity index (χ4n) is 2.19. The molecule has 0 aromatic heterocycles. The van der Waals surface area contributed by atoms with E-state index in [-0.39, 0.29) is 34.3 Å². The number of aliphatic carboxylic acids is 1. The fourth-order valence-corrected chi connectivity index (χ4v) is 4.81. The van der Waals surface area contributed by atoms with Crippen LogP contribution in [0.4, 0.5) is 5.69 Å². The molecule has 0 spiro atoms. The number of hydrogen-bond donors (Lipinski definition) is 1. The van der Waals surface area contributed by atoms with E-state index in [9.17, 15) is 13.2 Å². The van der Waals surface area contributed by atoms with Crippen LogP contribution in [0.3, 0.4) is 0 Å². The first kappa shape index (κ1) is 20.0. The largest absolute Gasteiger partial charge is 0.481 e. The van der Waals surface area contributed by atoms with Gasteiger partial charge in [0, 0.05) is 22.5 Å². The summed E-state index contributed by atoms with van der Waals surface area (Å²) in [6, 6.07) is 10.9. The Kier molecular flexibility index (Phi) is 6.73. The molecule has 0 atom stereocenters. The smallest absolute Gasteiger partial charge is 0.303 e. The van der Waals surface area contributed by atoms with Gasteiger partial charge in [0.2, 0.25) is 0 Å². The minimum absolute atomic E-state index is 0.00602. The minimum Gasteiger partial charge on any atom is -0.481 e. The number of hydrogen-bond acceptors (Lipinski definition) is 3. The van der Waals surface area contributed by atoms with Gasteiger partial charge in [0.25, 0.3) is 10.0 Å². The highest BCUT2D eigenvalue weighted by Gasteiger charge is 2.27. The number of halogens is 3. The van der Waals surface area contributed by atoms with Crippen molar-refractivity contribution < 1.29 is 18.3 Å². The number of nitrogens with zero attached hydrogens (tertiary/aromatic N) is 1. The molecule has 9 heteroatoms. The maximum absolute atomic E-state index is 13.1. The van der Waals surface area contributed by atoms with Crippen molar-refractivity contribution in [1.29, 1.82) is 0 Å². The number of carbonyl (C=O) groups is 1. The van der Waals surface area contributed by atoms with Gasteiger partial charge in [0.15, 0.2) is 0 Å². The summed E-state index contributed by atoms with van der Waals surface area (Å²) in [6.45, 7) is -0.00602. The fraction of sp³-hybridized carbons (Fsp3) is 0.188. The number of carboxylic acid groups (broad SMARTS) is 1. The summed E-state index contributed by atoms with van der Waals surface area (Å²) in [4.78, 5) is 10.6. The van der Waals surface area contributed by atoms with Gasteiger partial charge in [-0.3, -0.25) is 9.10 Å². The summed E-state index contributed by atoms with van der Waals surface area (Å²) in [7, 11) is -4.02. The topological polar surface area (TPSA) is 74.7 Å². The number of anilines is 1. The zero-order chi connectivity index (χ0) is 18.6. The third kappa shape index (κ3) is 5.10. The third-order valence-corrected chi connectivity index (χ3v) is 6.35. The predicted molar refractivity (Wildman–Crippen MR) is 102 cm³/mol. The van der Waals surface area contributed by atoms with Crippen molar-refractivity contribution in [3.05, 3.63) is 57.0 Å². The van der Waals surface area contributed by atoms with Gasteiger partial charge in [0.1, 0.15) is 4.90 Å². The van der Waals surface area contributed by atoms with Crippen LogP contribution in [0.25, 0.3) is 0 Å². The van der Waals surface area contributed by atoms with Crippen LogP contribution in [0.1, 0.15) is 12.8 Å². The molecule has 0 aliphatic rings. The maximum Gasteiger partial charge on any atom is 0.303 e. The van der Waals surface area contributed by atoms with E-state index in [2.05, 4.69) is 15.9 Å². The highest BCUT2D eigenvalue weighted by atomic mass is 79.9. The van der Waals surface area contributed by atoms with Crippen LogP contribution in [0.5, 0.6) is 0 Å². The first-order valence-electron chi connectivity index (χ1n) is 7.17. The van der Waals surface area contributed by atoms with Crippen molar-refractivity contribution in [1.82, 2.24) is 0 Å². The van der Waals surface area contributed by atoms with Gasteiger partial charge in [-0.1, -0.05) is 45.2 Å². The molecule has 0 saturated carbocycles. The lowest BCUT2D eigenvalue weighted by Crippen LogP contribution is -2.32. The predicted octanol–water partition coefficient (Wildman–Crippen LogP) is 4.82. The summed E-state index contributed by atoms with van der Waals surface area (Å²) in [5.41, 5.74) is 0.399. The molecule has 0 unspecified atom stereocenters. The number of rotatable bonds is 7. The average Bonchev–Trinajstić information content (AvgIpc) is 2.53. The summed E-state index contributed by atoms with van der Waals surface area (Å²) >= 11 is 15.3. The highest BCUT2D eigenvalue weighted by molar-refractivity contribution is 9.10. The Balaban J connectivity index is 2.49. The molecule has 25 heavy (non-hydrogen) atoms. The number of carboxylic acids is 1. The molecule has 1 N–H and O–H groups in total. The molecule has 0 aliphatic carbocycles. The van der Waals surface area contributed by atoms with E-state index in [0.717, 1.165) is 4.31 Å². The molecule has 0 heterocycles. The highest BCUT2D eigenvalue weighted by Crippen LogP contribution is 2.31. The van der Waals surface area contributed by atoms with Gasteiger partial charge >= 0.3 is 5.97 Å². The van der Waals surface area contributed by atoms with E-state index >= 15 is 0 Å². The van der Waals surface area contributed by atoms with E-state index in [1.54, 1.807) is 24.3 Å². The third-order valence-electron chi connectivity index (χ3n) is 3.31. The van der Waals surface area contributed by atoms with Crippen molar-refractivity contribution in [2.75, 3.05) is 10.8 Å². The molecule has 134 valence electrons. The van der Waals surface area contributed by atoms with E-state index in [4.69, 9.17) is 28.3 Å². The summed E-state index contributed by atoms with van der Waals surface area (Å²) < 4.78 is 28.1. The Morgan fingerprint density at radius 3 is 2.52 bits per heavy atom. The molecule has 2 aromatic carbocycles. The van der Waals surface area contributed by atoms with E-state index in [1.807, 2.05) is 0 Å². The van der Waals surface area contributed by atoms with Crippen LogP contribution in [-0.4, -0.2) is 26.0 Å². The van der Waals surface area contributed by atoms with Crippen LogP contribution in [-0.2, 0) is 14.8 Å². The van der Waals surface area contributed by atoms with Gasteiger partial charge in [-0.15, -0.1) is 0 Å². The lowest BCUT2D eigenvalue weighted by Gasteiger charge is -2.25. The Morgan fingerprint density at radius 1 is 1.16 bits per heavy atom. The second-order valence-corrected chi connectivity index (χ2v) is 8.72. The summed E-state index contributed by atoms with van der Waals surface area (Å²) in [5.74, 6) is -0.993. The van der Waals surface area contributed by atoms with Crippen LogP contribution >= 0.6 is 39.1 Å². The molecule has 0 amide bonds. The molecular formula is C16H14BrCl2NO4S. The van der Waals surface area contributed by atoms with Gasteiger partial charge in [-0.25, -0.2) is 8.42 Å². The maximum atomic E-state index is 13.1. The molecular weight excluding hydrogens is 453 g/mol. The second-order valence-electron chi connectivity index (χ2n) is 5.13. The Bertz CT molecular complexity index is 889. The molecule has 0 radical (unpaired) electrons. The molecule has 0 bridgehead atoms. The SMILES string of the molecule is O=C(O)CCCN(c1cccc(Br)c1)S(=O)(=O)c1cc(Cl)ccc1Cl. The number of sulfonamides is 1. The molecule has 0 fully saturated rings. The van der Waals surface area contributed by atoms with Gasteiger partial charge < -0.3 is 5.11 Å². The zero-order valence-electron chi connectivity index (χ0n) is 12.8. The summed E-state index contributed by atoms with van der Waals surface area (Å²) in [6.07, 6.45) is 0.00254. The minimum atomic E-state index is -4.02. The summed E-state index contributed by atoms with van der Waals surface area (Å²) in [5, 5.41) is 9.11. The van der Waals surface area contributed by atoms with Crippen molar-refractivity contribution in [2.24, 2.45) is 0 Å². The first-order chi connectivity index (χ1) is 11.7. The van der Waals surface area contributed by atoms with Crippen molar-refractivity contribution in [2.45, 2.75) is 17.7 Å². The average molecular weight is 467 g/mol. The van der Waals surface area contributed by atoms with Crippen LogP contribution in [0.15, 0.2) is 51.8 Å². The normalized spacial score (nSPS) is 11.3. The molecule has 5 nitrogen and oxygen atoms in total. The van der Waals surface area contributed by atoms with Gasteiger partial charge in [0.05, 0.1) is 10.7 Å². The van der Waals surface area contributed by atoms with Crippen LogP contribution < -0.4 is 4.31 Å². The van der Waals surface area contributed by atoms with Gasteiger partial charge in [-0.2, -0.15) is 0 Å². The standard InChI is InChI=1S/C16H14BrCl2NO4S/c17-11-3-1-4-13(9-11)20(8-2-5-16(21)22)25(23,24)15-10-12(18)6-7-14(15)19/h1,3-4,6-7,9-10H,2,5,8H2,(H,21,22). The molecule has 0 saturated heterocycles. The van der Waals surface area contributed by atoms with E-state index in [1.165, 1.54) is 18.2 Å². The Hall–Kier alpha value is -1.28. The monoisotopic (exact) mass is 465 g/mol. The van der Waals surface area contributed by atoms with E-state index < -0.39 is 16.0 Å². The first-order valence-corrected chi connectivity index (χ1v) is 10.2. The molecule has 0 aliphatic heterocycles. The lowest BCUT2D eigenvalue weighted by molar-refractivity contribution is -0.137. The van der Waals surface area contributed by atoms with Gasteiger partial charge in [-0.05, 0) is 42.8 Å². The van der Waals surface area contributed by atoms with Crippen molar-refractivity contribution in [3.8, 4) is 0 Å². The molecule has 2 aromatic rings. The van der Waals surface area contributed by atoms with Crippen molar-refractivity contribution >= 4 is 60.8 Å². The van der Waals surface area contributed by atoms with Crippen molar-refractivity contribution in [3.63, 3.8) is 0 Å². The second kappa shape index (κ2) is 8.40. The van der Waals surface area contributed by atoms with E-state index in [0.29, 0.717) is 10.2 Å². The van der Waals surface area contributed by atoms with Crippen LogP contribution in [0.2, 0.25) is 10.0 Å². The quantitative estimate of drug-likeness (QED) is 0.634. The Labute approximate surface area is 164 Å². The van der Waals surface area contributed by atoms with Crippen LogP contribution in [0, 0.1) is 0 Å². The number of benzene rings is 2. The molecule has 2 rings (SSSR count). The lowest BCUT2D eigenvalue weighted by atomic mass is 10.3. The zero-order valence-corrected chi connectivity index (χ0v) is 16.7. The Morgan fingerprint density at radius 2 is 1.88 bits per heavy atom.